The predicted molar refractivity (Wildman–Crippen MR) is 88.9 cm³/mol. The Bertz CT molecular complexity index is 825. The van der Waals surface area contributed by atoms with E-state index in [1.54, 1.807) is 4.68 Å². The molecular formula is C18H19N3O. The van der Waals surface area contributed by atoms with E-state index in [1.165, 1.54) is 5.56 Å². The Morgan fingerprint density at radius 2 is 1.64 bits per heavy atom. The van der Waals surface area contributed by atoms with Gasteiger partial charge in [-0.1, -0.05) is 48.5 Å². The molecule has 0 radical (unpaired) electrons. The predicted octanol–water partition coefficient (Wildman–Crippen LogP) is 2.34. The van der Waals surface area contributed by atoms with E-state index >= 15 is 0 Å². The maximum atomic E-state index is 12.5. The van der Waals surface area contributed by atoms with Crippen LogP contribution in [0, 0.1) is 0 Å². The van der Waals surface area contributed by atoms with Crippen LogP contribution in [0.15, 0.2) is 59.4 Å². The summed E-state index contributed by atoms with van der Waals surface area (Å²) in [5.74, 6) is 0. The second-order valence-electron chi connectivity index (χ2n) is 5.33. The van der Waals surface area contributed by atoms with Crippen LogP contribution in [0.3, 0.4) is 0 Å². The number of hydrogen-bond donors (Lipinski definition) is 1. The van der Waals surface area contributed by atoms with Crippen molar-refractivity contribution in [2.24, 2.45) is 5.73 Å². The standard InChI is InChI=1S/C18H19N3O/c19-11-6-12-21-18(22)16-10-5-4-9-15(16)17(20-21)13-14-7-2-1-3-8-14/h1-5,7-10H,6,11-13,19H2. The molecule has 0 fully saturated rings. The Morgan fingerprint density at radius 1 is 0.955 bits per heavy atom. The van der Waals surface area contributed by atoms with Gasteiger partial charge in [0.2, 0.25) is 0 Å². The number of fused-ring (bicyclic) bond motifs is 1. The van der Waals surface area contributed by atoms with E-state index in [2.05, 4.69) is 17.2 Å². The van der Waals surface area contributed by atoms with E-state index in [9.17, 15) is 4.79 Å². The van der Waals surface area contributed by atoms with Gasteiger partial charge >= 0.3 is 0 Å². The van der Waals surface area contributed by atoms with Crippen LogP contribution >= 0.6 is 0 Å². The zero-order valence-corrected chi connectivity index (χ0v) is 12.4. The van der Waals surface area contributed by atoms with Gasteiger partial charge in [0.1, 0.15) is 0 Å². The lowest BCUT2D eigenvalue weighted by Crippen LogP contribution is -2.26. The molecule has 4 heteroatoms. The van der Waals surface area contributed by atoms with Gasteiger partial charge in [0, 0.05) is 18.4 Å². The molecule has 0 atom stereocenters. The first-order chi connectivity index (χ1) is 10.8. The largest absolute Gasteiger partial charge is 0.330 e. The van der Waals surface area contributed by atoms with E-state index in [0.717, 1.165) is 22.9 Å². The van der Waals surface area contributed by atoms with E-state index in [0.29, 0.717) is 19.5 Å². The van der Waals surface area contributed by atoms with Crippen molar-refractivity contribution in [2.75, 3.05) is 6.54 Å². The minimum atomic E-state index is -0.0409. The molecule has 2 aromatic carbocycles. The highest BCUT2D eigenvalue weighted by Crippen LogP contribution is 2.16. The van der Waals surface area contributed by atoms with E-state index in [-0.39, 0.29) is 5.56 Å². The van der Waals surface area contributed by atoms with Crippen LogP contribution in [0.25, 0.3) is 10.8 Å². The molecule has 0 saturated heterocycles. The molecule has 0 bridgehead atoms. The molecule has 4 nitrogen and oxygen atoms in total. The molecule has 0 aliphatic heterocycles. The lowest BCUT2D eigenvalue weighted by Gasteiger charge is -2.11. The first-order valence-corrected chi connectivity index (χ1v) is 7.52. The van der Waals surface area contributed by atoms with Crippen molar-refractivity contribution in [3.8, 4) is 0 Å². The number of hydrogen-bond acceptors (Lipinski definition) is 3. The number of nitrogens with zero attached hydrogens (tertiary/aromatic N) is 2. The first-order valence-electron chi connectivity index (χ1n) is 7.52. The van der Waals surface area contributed by atoms with Gasteiger partial charge in [0.05, 0.1) is 11.1 Å². The monoisotopic (exact) mass is 293 g/mol. The molecule has 112 valence electrons. The third-order valence-corrected chi connectivity index (χ3v) is 3.73. The van der Waals surface area contributed by atoms with E-state index < -0.39 is 0 Å². The highest BCUT2D eigenvalue weighted by molar-refractivity contribution is 5.83. The number of aromatic nitrogens is 2. The van der Waals surface area contributed by atoms with Gasteiger partial charge in [-0.25, -0.2) is 4.68 Å². The Kier molecular flexibility index (Phi) is 4.30. The Morgan fingerprint density at radius 3 is 2.36 bits per heavy atom. The number of nitrogens with two attached hydrogens (primary N) is 1. The van der Waals surface area contributed by atoms with Gasteiger partial charge in [-0.3, -0.25) is 4.79 Å². The van der Waals surface area contributed by atoms with Gasteiger partial charge in [0.25, 0.3) is 5.56 Å². The SMILES string of the molecule is NCCCn1nc(Cc2ccccc2)c2ccccc2c1=O. The number of benzene rings is 2. The molecule has 22 heavy (non-hydrogen) atoms. The lowest BCUT2D eigenvalue weighted by molar-refractivity contribution is 0.551. The Balaban J connectivity index is 2.11. The quantitative estimate of drug-likeness (QED) is 0.785. The highest BCUT2D eigenvalue weighted by atomic mass is 16.1. The average molecular weight is 293 g/mol. The maximum Gasteiger partial charge on any atom is 0.274 e. The van der Waals surface area contributed by atoms with E-state index in [4.69, 9.17) is 5.73 Å². The normalized spacial score (nSPS) is 11.0. The van der Waals surface area contributed by atoms with Crippen molar-refractivity contribution in [1.29, 1.82) is 0 Å². The highest BCUT2D eigenvalue weighted by Gasteiger charge is 2.10. The molecule has 0 aliphatic carbocycles. The topological polar surface area (TPSA) is 60.9 Å². The fourth-order valence-corrected chi connectivity index (χ4v) is 2.62. The van der Waals surface area contributed by atoms with Crippen LogP contribution in [0.4, 0.5) is 0 Å². The maximum absolute atomic E-state index is 12.5. The molecule has 3 rings (SSSR count). The molecular weight excluding hydrogens is 274 g/mol. The molecule has 0 aliphatic rings. The van der Waals surface area contributed by atoms with Crippen LogP contribution < -0.4 is 11.3 Å². The Labute approximate surface area is 129 Å². The van der Waals surface area contributed by atoms with Crippen LogP contribution in [0.5, 0.6) is 0 Å². The van der Waals surface area contributed by atoms with Crippen LogP contribution in [0.2, 0.25) is 0 Å². The molecule has 2 N–H and O–H groups in total. The zero-order chi connectivity index (χ0) is 15.4. The summed E-state index contributed by atoms with van der Waals surface area (Å²) in [5, 5.41) is 6.24. The Hall–Kier alpha value is -2.46. The van der Waals surface area contributed by atoms with Crippen molar-refractivity contribution in [3.05, 3.63) is 76.2 Å². The summed E-state index contributed by atoms with van der Waals surface area (Å²) in [7, 11) is 0. The van der Waals surface area contributed by atoms with Crippen molar-refractivity contribution in [3.63, 3.8) is 0 Å². The van der Waals surface area contributed by atoms with Crippen molar-refractivity contribution < 1.29 is 0 Å². The number of rotatable bonds is 5. The third-order valence-electron chi connectivity index (χ3n) is 3.73. The minimum Gasteiger partial charge on any atom is -0.330 e. The molecule has 0 saturated carbocycles. The minimum absolute atomic E-state index is 0.0409. The third kappa shape index (κ3) is 2.92. The summed E-state index contributed by atoms with van der Waals surface area (Å²) in [5.41, 5.74) is 7.63. The molecule has 1 heterocycles. The smallest absolute Gasteiger partial charge is 0.274 e. The average Bonchev–Trinajstić information content (AvgIpc) is 2.57. The summed E-state index contributed by atoms with van der Waals surface area (Å²) in [6.07, 6.45) is 1.46. The van der Waals surface area contributed by atoms with Crippen LogP contribution in [-0.2, 0) is 13.0 Å². The summed E-state index contributed by atoms with van der Waals surface area (Å²) in [6, 6.07) is 17.9. The summed E-state index contributed by atoms with van der Waals surface area (Å²) < 4.78 is 1.55. The molecule has 1 aromatic heterocycles. The van der Waals surface area contributed by atoms with Crippen molar-refractivity contribution in [2.45, 2.75) is 19.4 Å². The van der Waals surface area contributed by atoms with Gasteiger partial charge in [-0.15, -0.1) is 0 Å². The second kappa shape index (κ2) is 6.54. The van der Waals surface area contributed by atoms with Gasteiger partial charge in [-0.2, -0.15) is 5.10 Å². The molecule has 3 aromatic rings. The number of aryl methyl sites for hydroxylation is 1. The first kappa shape index (κ1) is 14.5. The molecule has 0 spiro atoms. The summed E-state index contributed by atoms with van der Waals surface area (Å²) in [6.45, 7) is 1.11. The van der Waals surface area contributed by atoms with Gasteiger partial charge < -0.3 is 5.73 Å². The molecule has 0 unspecified atom stereocenters. The van der Waals surface area contributed by atoms with E-state index in [1.807, 2.05) is 42.5 Å². The van der Waals surface area contributed by atoms with Crippen molar-refractivity contribution in [1.82, 2.24) is 9.78 Å². The lowest BCUT2D eigenvalue weighted by atomic mass is 10.0. The van der Waals surface area contributed by atoms with Crippen molar-refractivity contribution >= 4 is 10.8 Å². The zero-order valence-electron chi connectivity index (χ0n) is 12.4. The van der Waals surface area contributed by atoms with Gasteiger partial charge in [-0.05, 0) is 24.6 Å². The van der Waals surface area contributed by atoms with Crippen LogP contribution in [-0.4, -0.2) is 16.3 Å². The fourth-order valence-electron chi connectivity index (χ4n) is 2.62. The summed E-state index contributed by atoms with van der Waals surface area (Å²) >= 11 is 0. The second-order valence-corrected chi connectivity index (χ2v) is 5.33. The summed E-state index contributed by atoms with van der Waals surface area (Å²) in [4.78, 5) is 12.5. The molecule has 0 amide bonds. The fraction of sp³-hybridized carbons (Fsp3) is 0.222. The van der Waals surface area contributed by atoms with Crippen LogP contribution in [0.1, 0.15) is 17.7 Å². The van der Waals surface area contributed by atoms with Gasteiger partial charge in [0.15, 0.2) is 0 Å².